The lowest BCUT2D eigenvalue weighted by Gasteiger charge is -2.10. The predicted molar refractivity (Wildman–Crippen MR) is 72.3 cm³/mol. The second-order valence-corrected chi connectivity index (χ2v) is 4.67. The summed E-state index contributed by atoms with van der Waals surface area (Å²) in [5.74, 6) is 1.04. The molecule has 3 nitrogen and oxygen atoms in total. The molecule has 0 radical (unpaired) electrons. The highest BCUT2D eigenvalue weighted by Gasteiger charge is 2.07. The van der Waals surface area contributed by atoms with Gasteiger partial charge in [0, 0.05) is 25.9 Å². The second-order valence-electron chi connectivity index (χ2n) is 4.67. The molecule has 96 valence electrons. The van der Waals surface area contributed by atoms with Crippen molar-refractivity contribution >= 4 is 0 Å². The third-order valence-corrected chi connectivity index (χ3v) is 3.23. The lowest BCUT2D eigenvalue weighted by molar-refractivity contribution is 0.154. The van der Waals surface area contributed by atoms with Crippen LogP contribution < -0.4 is 0 Å². The van der Waals surface area contributed by atoms with E-state index in [9.17, 15) is 5.11 Å². The van der Waals surface area contributed by atoms with Crippen LogP contribution in [0.4, 0.5) is 0 Å². The fourth-order valence-corrected chi connectivity index (χ4v) is 2.06. The Bertz CT molecular complexity index is 464. The van der Waals surface area contributed by atoms with Gasteiger partial charge in [-0.1, -0.05) is 30.3 Å². The molecule has 0 aliphatic heterocycles. The Hall–Kier alpha value is -1.61. The molecule has 0 bridgehead atoms. The van der Waals surface area contributed by atoms with Crippen molar-refractivity contribution < 1.29 is 5.11 Å². The first-order chi connectivity index (χ1) is 8.75. The van der Waals surface area contributed by atoms with Crippen molar-refractivity contribution in [2.45, 2.75) is 31.8 Å². The Morgan fingerprint density at radius 3 is 2.56 bits per heavy atom. The molecule has 0 aliphatic rings. The SMILES string of the molecule is Cn1ccnc1CCC(O)CCc1ccccc1. The largest absolute Gasteiger partial charge is 0.393 e. The molecular weight excluding hydrogens is 224 g/mol. The second kappa shape index (κ2) is 6.36. The molecule has 1 unspecified atom stereocenters. The van der Waals surface area contributed by atoms with Crippen molar-refractivity contribution in [3.05, 3.63) is 54.1 Å². The van der Waals surface area contributed by atoms with Crippen LogP contribution in [0.3, 0.4) is 0 Å². The third kappa shape index (κ3) is 3.70. The molecule has 1 aromatic carbocycles. The van der Waals surface area contributed by atoms with E-state index in [0.29, 0.717) is 0 Å². The fraction of sp³-hybridized carbons (Fsp3) is 0.400. The number of aryl methyl sites for hydroxylation is 3. The highest BCUT2D eigenvalue weighted by Crippen LogP contribution is 2.09. The molecule has 18 heavy (non-hydrogen) atoms. The van der Waals surface area contributed by atoms with Gasteiger partial charge in [0.05, 0.1) is 6.10 Å². The summed E-state index contributed by atoms with van der Waals surface area (Å²) in [7, 11) is 1.98. The van der Waals surface area contributed by atoms with Gasteiger partial charge in [-0.3, -0.25) is 0 Å². The normalized spacial score (nSPS) is 12.6. The third-order valence-electron chi connectivity index (χ3n) is 3.23. The van der Waals surface area contributed by atoms with E-state index in [1.807, 2.05) is 36.0 Å². The van der Waals surface area contributed by atoms with E-state index in [1.165, 1.54) is 5.56 Å². The first-order valence-electron chi connectivity index (χ1n) is 6.44. The van der Waals surface area contributed by atoms with Gasteiger partial charge in [-0.15, -0.1) is 0 Å². The number of hydrogen-bond donors (Lipinski definition) is 1. The van der Waals surface area contributed by atoms with Crippen LogP contribution in [0.5, 0.6) is 0 Å². The van der Waals surface area contributed by atoms with E-state index in [2.05, 4.69) is 17.1 Å². The number of nitrogens with zero attached hydrogens (tertiary/aromatic N) is 2. The molecule has 0 spiro atoms. The maximum atomic E-state index is 9.96. The van der Waals surface area contributed by atoms with Gasteiger partial charge in [0.25, 0.3) is 0 Å². The van der Waals surface area contributed by atoms with Crippen molar-refractivity contribution in [2.75, 3.05) is 0 Å². The van der Waals surface area contributed by atoms with Gasteiger partial charge in [-0.05, 0) is 24.8 Å². The Balaban J connectivity index is 1.73. The van der Waals surface area contributed by atoms with E-state index < -0.39 is 0 Å². The maximum absolute atomic E-state index is 9.96. The van der Waals surface area contributed by atoms with Gasteiger partial charge >= 0.3 is 0 Å². The summed E-state index contributed by atoms with van der Waals surface area (Å²) in [5.41, 5.74) is 1.29. The summed E-state index contributed by atoms with van der Waals surface area (Å²) in [5, 5.41) is 9.96. The molecule has 2 rings (SSSR count). The van der Waals surface area contributed by atoms with Gasteiger partial charge in [0.1, 0.15) is 5.82 Å². The summed E-state index contributed by atoms with van der Waals surface area (Å²) in [4.78, 5) is 4.26. The summed E-state index contributed by atoms with van der Waals surface area (Å²) < 4.78 is 2.00. The summed E-state index contributed by atoms with van der Waals surface area (Å²) >= 11 is 0. The number of imidazole rings is 1. The monoisotopic (exact) mass is 244 g/mol. The minimum Gasteiger partial charge on any atom is -0.393 e. The average molecular weight is 244 g/mol. The Labute approximate surface area is 108 Å². The Morgan fingerprint density at radius 1 is 1.17 bits per heavy atom. The first-order valence-corrected chi connectivity index (χ1v) is 6.44. The number of aromatic nitrogens is 2. The molecule has 0 fully saturated rings. The zero-order valence-electron chi connectivity index (χ0n) is 10.8. The van der Waals surface area contributed by atoms with Crippen LogP contribution in [0.2, 0.25) is 0 Å². The zero-order chi connectivity index (χ0) is 12.8. The molecule has 0 amide bonds. The van der Waals surface area contributed by atoms with Crippen LogP contribution in [0, 0.1) is 0 Å². The number of hydrogen-bond acceptors (Lipinski definition) is 2. The molecule has 0 aliphatic carbocycles. The molecule has 1 heterocycles. The van der Waals surface area contributed by atoms with E-state index in [4.69, 9.17) is 0 Å². The summed E-state index contributed by atoms with van der Waals surface area (Å²) in [6.45, 7) is 0. The first kappa shape index (κ1) is 12.8. The van der Waals surface area contributed by atoms with Crippen molar-refractivity contribution in [3.8, 4) is 0 Å². The predicted octanol–water partition coefficient (Wildman–Crippen LogP) is 2.35. The van der Waals surface area contributed by atoms with Crippen LogP contribution in [0.1, 0.15) is 24.2 Å². The minimum atomic E-state index is -0.248. The van der Waals surface area contributed by atoms with E-state index >= 15 is 0 Å². The van der Waals surface area contributed by atoms with Crippen molar-refractivity contribution in [1.82, 2.24) is 9.55 Å². The van der Waals surface area contributed by atoms with Crippen LogP contribution in [0.15, 0.2) is 42.7 Å². The smallest absolute Gasteiger partial charge is 0.108 e. The van der Waals surface area contributed by atoms with Crippen LogP contribution in [0.25, 0.3) is 0 Å². The van der Waals surface area contributed by atoms with Crippen molar-refractivity contribution in [1.29, 1.82) is 0 Å². The minimum absolute atomic E-state index is 0.248. The van der Waals surface area contributed by atoms with Crippen LogP contribution >= 0.6 is 0 Å². The quantitative estimate of drug-likeness (QED) is 0.847. The number of aliphatic hydroxyl groups is 1. The van der Waals surface area contributed by atoms with Crippen molar-refractivity contribution in [2.24, 2.45) is 7.05 Å². The Morgan fingerprint density at radius 2 is 1.89 bits per heavy atom. The average Bonchev–Trinajstić information content (AvgIpc) is 2.81. The number of aliphatic hydroxyl groups excluding tert-OH is 1. The molecule has 1 aromatic heterocycles. The Kier molecular flexibility index (Phi) is 4.53. The molecule has 1 N–H and O–H groups in total. The maximum Gasteiger partial charge on any atom is 0.108 e. The standard InChI is InChI=1S/C15H20N2O/c1-17-12-11-16-15(17)10-9-14(18)8-7-13-5-3-2-4-6-13/h2-6,11-12,14,18H,7-10H2,1H3. The van der Waals surface area contributed by atoms with E-state index in [1.54, 1.807) is 6.20 Å². The highest BCUT2D eigenvalue weighted by atomic mass is 16.3. The fourth-order valence-electron chi connectivity index (χ4n) is 2.06. The van der Waals surface area contributed by atoms with Gasteiger partial charge in [0.2, 0.25) is 0 Å². The lowest BCUT2D eigenvalue weighted by Crippen LogP contribution is -2.11. The zero-order valence-corrected chi connectivity index (χ0v) is 10.8. The highest BCUT2D eigenvalue weighted by molar-refractivity contribution is 5.14. The van der Waals surface area contributed by atoms with Gasteiger partial charge in [-0.25, -0.2) is 4.98 Å². The van der Waals surface area contributed by atoms with E-state index in [0.717, 1.165) is 31.5 Å². The van der Waals surface area contributed by atoms with Crippen molar-refractivity contribution in [3.63, 3.8) is 0 Å². The van der Waals surface area contributed by atoms with Gasteiger partial charge < -0.3 is 9.67 Å². The topological polar surface area (TPSA) is 38.0 Å². The number of benzene rings is 1. The lowest BCUT2D eigenvalue weighted by atomic mass is 10.0. The molecule has 2 aromatic rings. The van der Waals surface area contributed by atoms with Gasteiger partial charge in [-0.2, -0.15) is 0 Å². The van der Waals surface area contributed by atoms with Crippen LogP contribution in [-0.4, -0.2) is 20.8 Å². The summed E-state index contributed by atoms with van der Waals surface area (Å²) in [6.07, 6.45) is 6.84. The molecule has 1 atom stereocenters. The van der Waals surface area contributed by atoms with Gasteiger partial charge in [0.15, 0.2) is 0 Å². The van der Waals surface area contributed by atoms with E-state index in [-0.39, 0.29) is 6.10 Å². The molecule has 0 saturated heterocycles. The summed E-state index contributed by atoms with van der Waals surface area (Å²) in [6, 6.07) is 10.3. The molecule has 0 saturated carbocycles. The molecule has 3 heteroatoms. The van der Waals surface area contributed by atoms with Crippen LogP contribution in [-0.2, 0) is 19.9 Å². The molecular formula is C15H20N2O. The number of rotatable bonds is 6.